The molecule has 6 nitrogen and oxygen atoms in total. The number of benzene rings is 4. The highest BCUT2D eigenvalue weighted by molar-refractivity contribution is 9.10. The number of para-hydroxylation sites is 1. The van der Waals surface area contributed by atoms with E-state index in [1.54, 1.807) is 29.3 Å². The Morgan fingerprint density at radius 1 is 0.824 bits per heavy atom. The molecule has 4 aromatic rings. The molecule has 0 spiro atoms. The van der Waals surface area contributed by atoms with Crippen LogP contribution in [0.15, 0.2) is 95.5 Å². The van der Waals surface area contributed by atoms with E-state index in [1.807, 2.05) is 66.7 Å². The minimum Gasteiger partial charge on any atom is -0.508 e. The van der Waals surface area contributed by atoms with E-state index >= 15 is 0 Å². The third-order valence-electron chi connectivity index (χ3n) is 6.44. The van der Waals surface area contributed by atoms with E-state index in [0.29, 0.717) is 16.9 Å². The standard InChI is InChI=1S/C27H19BrN2O4/c28-17-13-14-22(31)20(15-17)24-23-25(34-30(24)18-9-2-1-3-10-18)27(33)29(26(23)32)21-12-6-8-16-7-4-5-11-19(16)21/h1-15,23-25,31H/t23-,24+,25-/m1/s1. The Balaban J connectivity index is 1.49. The van der Waals surface area contributed by atoms with Gasteiger partial charge in [-0.15, -0.1) is 0 Å². The van der Waals surface area contributed by atoms with Gasteiger partial charge in [0.15, 0.2) is 6.10 Å². The molecule has 0 aromatic heterocycles. The first-order valence-electron chi connectivity index (χ1n) is 10.9. The number of hydrogen-bond donors (Lipinski definition) is 1. The number of fused-ring (bicyclic) bond motifs is 2. The van der Waals surface area contributed by atoms with Crippen molar-refractivity contribution in [3.63, 3.8) is 0 Å². The summed E-state index contributed by atoms with van der Waals surface area (Å²) in [6, 6.07) is 26.9. The number of halogens is 1. The lowest BCUT2D eigenvalue weighted by molar-refractivity contribution is -0.126. The number of carbonyl (C=O) groups is 2. The number of phenols is 1. The smallest absolute Gasteiger partial charge is 0.266 e. The number of phenolic OH excluding ortho intramolecular Hbond substituents is 1. The van der Waals surface area contributed by atoms with Crippen molar-refractivity contribution in [2.45, 2.75) is 12.1 Å². The van der Waals surface area contributed by atoms with Crippen LogP contribution in [0, 0.1) is 5.92 Å². The summed E-state index contributed by atoms with van der Waals surface area (Å²) in [6.07, 6.45) is -1.00. The number of carbonyl (C=O) groups excluding carboxylic acids is 2. The molecular weight excluding hydrogens is 496 g/mol. The van der Waals surface area contributed by atoms with Crippen molar-refractivity contribution < 1.29 is 19.5 Å². The number of rotatable bonds is 3. The zero-order valence-electron chi connectivity index (χ0n) is 17.8. The van der Waals surface area contributed by atoms with Gasteiger partial charge in [-0.25, -0.2) is 9.96 Å². The molecule has 0 bridgehead atoms. The van der Waals surface area contributed by atoms with E-state index in [4.69, 9.17) is 4.84 Å². The maximum Gasteiger partial charge on any atom is 0.266 e. The lowest BCUT2D eigenvalue weighted by Gasteiger charge is -2.29. The second kappa shape index (κ2) is 7.97. The van der Waals surface area contributed by atoms with Gasteiger partial charge in [0.25, 0.3) is 5.91 Å². The monoisotopic (exact) mass is 514 g/mol. The van der Waals surface area contributed by atoms with E-state index in [9.17, 15) is 14.7 Å². The Morgan fingerprint density at radius 3 is 2.38 bits per heavy atom. The molecule has 0 saturated carbocycles. The average Bonchev–Trinajstić information content (AvgIpc) is 3.37. The topological polar surface area (TPSA) is 70.1 Å². The molecule has 168 valence electrons. The quantitative estimate of drug-likeness (QED) is 0.372. The summed E-state index contributed by atoms with van der Waals surface area (Å²) >= 11 is 3.46. The van der Waals surface area contributed by atoms with Gasteiger partial charge in [0.05, 0.1) is 17.4 Å². The molecule has 0 unspecified atom stereocenters. The van der Waals surface area contributed by atoms with E-state index in [2.05, 4.69) is 15.9 Å². The zero-order valence-corrected chi connectivity index (χ0v) is 19.4. The van der Waals surface area contributed by atoms with Crippen molar-refractivity contribution in [1.29, 1.82) is 0 Å². The Morgan fingerprint density at radius 2 is 1.56 bits per heavy atom. The molecule has 2 saturated heterocycles. The molecule has 2 aliphatic rings. The van der Waals surface area contributed by atoms with Crippen molar-refractivity contribution in [2.24, 2.45) is 5.92 Å². The van der Waals surface area contributed by atoms with Crippen molar-refractivity contribution in [1.82, 2.24) is 0 Å². The number of amides is 2. The largest absolute Gasteiger partial charge is 0.508 e. The third kappa shape index (κ3) is 3.12. The van der Waals surface area contributed by atoms with E-state index in [-0.39, 0.29) is 11.7 Å². The van der Waals surface area contributed by atoms with Crippen LogP contribution in [-0.2, 0) is 14.4 Å². The van der Waals surface area contributed by atoms with Crippen molar-refractivity contribution in [3.05, 3.63) is 101 Å². The number of imide groups is 1. The van der Waals surface area contributed by atoms with Crippen molar-refractivity contribution in [2.75, 3.05) is 9.96 Å². The van der Waals surface area contributed by atoms with Gasteiger partial charge in [-0.3, -0.25) is 14.4 Å². The van der Waals surface area contributed by atoms with Crippen LogP contribution < -0.4 is 9.96 Å². The van der Waals surface area contributed by atoms with Crippen molar-refractivity contribution >= 4 is 49.9 Å². The zero-order chi connectivity index (χ0) is 23.4. The van der Waals surface area contributed by atoms with Gasteiger partial charge < -0.3 is 5.11 Å². The van der Waals surface area contributed by atoms with Gasteiger partial charge in [-0.1, -0.05) is 70.5 Å². The predicted octanol–water partition coefficient (Wildman–Crippen LogP) is 5.36. The van der Waals surface area contributed by atoms with Crippen LogP contribution in [0.4, 0.5) is 11.4 Å². The summed E-state index contributed by atoms with van der Waals surface area (Å²) in [6.45, 7) is 0. The molecule has 4 aromatic carbocycles. The van der Waals surface area contributed by atoms with Gasteiger partial charge in [-0.2, -0.15) is 0 Å². The van der Waals surface area contributed by atoms with Gasteiger partial charge in [-0.05, 0) is 41.8 Å². The Bertz CT molecular complexity index is 1440. The van der Waals surface area contributed by atoms with Crippen LogP contribution in [0.3, 0.4) is 0 Å². The summed E-state index contributed by atoms with van der Waals surface area (Å²) < 4.78 is 0.749. The molecule has 3 atom stereocenters. The number of anilines is 2. The highest BCUT2D eigenvalue weighted by Gasteiger charge is 2.60. The summed E-state index contributed by atoms with van der Waals surface area (Å²) in [4.78, 5) is 34.9. The maximum atomic E-state index is 13.9. The molecule has 2 fully saturated rings. The van der Waals surface area contributed by atoms with Gasteiger partial charge >= 0.3 is 0 Å². The number of aromatic hydroxyl groups is 1. The number of hydrogen-bond acceptors (Lipinski definition) is 5. The molecule has 2 heterocycles. The number of nitrogens with zero attached hydrogens (tertiary/aromatic N) is 2. The highest BCUT2D eigenvalue weighted by Crippen LogP contribution is 2.50. The fourth-order valence-electron chi connectivity index (χ4n) is 4.93. The van der Waals surface area contributed by atoms with E-state index < -0.39 is 24.0 Å². The first kappa shape index (κ1) is 20.9. The van der Waals surface area contributed by atoms with E-state index in [0.717, 1.165) is 15.2 Å². The molecule has 1 N–H and O–H groups in total. The third-order valence-corrected chi connectivity index (χ3v) is 6.94. The van der Waals surface area contributed by atoms with E-state index in [1.165, 1.54) is 4.90 Å². The summed E-state index contributed by atoms with van der Waals surface area (Å²) in [5, 5.41) is 14.1. The highest BCUT2D eigenvalue weighted by atomic mass is 79.9. The average molecular weight is 515 g/mol. The van der Waals surface area contributed by atoms with Crippen LogP contribution in [0.2, 0.25) is 0 Å². The van der Waals surface area contributed by atoms with Crippen molar-refractivity contribution in [3.8, 4) is 5.75 Å². The Kier molecular flexibility index (Phi) is 4.90. The normalized spacial score (nSPS) is 22.0. The molecule has 34 heavy (non-hydrogen) atoms. The molecule has 2 amide bonds. The molecule has 0 radical (unpaired) electrons. The lowest BCUT2D eigenvalue weighted by atomic mass is 9.90. The molecule has 0 aliphatic carbocycles. The molecule has 6 rings (SSSR count). The first-order chi connectivity index (χ1) is 16.5. The SMILES string of the molecule is O=C1[C@H]2[C@@H](ON(c3ccccc3)[C@H]2c2cc(Br)ccc2O)C(=O)N1c1cccc2ccccc12. The second-order valence-electron chi connectivity index (χ2n) is 8.37. The Labute approximate surface area is 204 Å². The van der Waals surface area contributed by atoms with Crippen LogP contribution in [0.1, 0.15) is 11.6 Å². The van der Waals surface area contributed by atoms with Crippen LogP contribution in [0.5, 0.6) is 5.75 Å². The molecular formula is C27H19BrN2O4. The predicted molar refractivity (Wildman–Crippen MR) is 132 cm³/mol. The minimum atomic E-state index is -1.00. The van der Waals surface area contributed by atoms with Crippen LogP contribution >= 0.6 is 15.9 Å². The maximum absolute atomic E-state index is 13.9. The second-order valence-corrected chi connectivity index (χ2v) is 9.29. The summed E-state index contributed by atoms with van der Waals surface area (Å²) in [5.41, 5.74) is 1.74. The van der Waals surface area contributed by atoms with Gasteiger partial charge in [0.1, 0.15) is 11.7 Å². The lowest BCUT2D eigenvalue weighted by Crippen LogP contribution is -2.37. The number of hydroxylamine groups is 1. The first-order valence-corrected chi connectivity index (χ1v) is 11.7. The van der Waals surface area contributed by atoms with Crippen LogP contribution in [-0.4, -0.2) is 23.0 Å². The fourth-order valence-corrected chi connectivity index (χ4v) is 5.31. The summed E-state index contributed by atoms with van der Waals surface area (Å²) in [5.74, 6) is -1.56. The fraction of sp³-hybridized carbons (Fsp3) is 0.111. The molecule has 7 heteroatoms. The Hall–Kier alpha value is -3.68. The minimum absolute atomic E-state index is 0.0299. The summed E-state index contributed by atoms with van der Waals surface area (Å²) in [7, 11) is 0. The van der Waals surface area contributed by atoms with Gasteiger partial charge in [0, 0.05) is 15.4 Å². The van der Waals surface area contributed by atoms with Gasteiger partial charge in [0.2, 0.25) is 5.91 Å². The molecule has 2 aliphatic heterocycles. The van der Waals surface area contributed by atoms with Crippen LogP contribution in [0.25, 0.3) is 10.8 Å².